The van der Waals surface area contributed by atoms with E-state index >= 15 is 0 Å². The Balaban J connectivity index is 2.73. The van der Waals surface area contributed by atoms with E-state index in [9.17, 15) is 13.2 Å². The summed E-state index contributed by atoms with van der Waals surface area (Å²) < 4.78 is 26.5. The van der Waals surface area contributed by atoms with E-state index in [1.165, 1.54) is 12.1 Å². The average molecular weight is 354 g/mol. The lowest BCUT2D eigenvalue weighted by molar-refractivity contribution is -0.120. The second kappa shape index (κ2) is 7.84. The largest absolute Gasteiger partial charge is 0.398 e. The van der Waals surface area contributed by atoms with Crippen LogP contribution in [0.2, 0.25) is 10.0 Å². The zero-order valence-corrected chi connectivity index (χ0v) is 13.8. The van der Waals surface area contributed by atoms with Crippen LogP contribution >= 0.6 is 23.2 Å². The third kappa shape index (κ3) is 5.35. The van der Waals surface area contributed by atoms with Gasteiger partial charge in [0.25, 0.3) is 0 Å². The van der Waals surface area contributed by atoms with Gasteiger partial charge in [0, 0.05) is 24.5 Å². The molecular formula is C12H17Cl2N3O3S. The van der Waals surface area contributed by atoms with Crippen LogP contribution in [0.5, 0.6) is 0 Å². The van der Waals surface area contributed by atoms with Crippen LogP contribution in [0, 0.1) is 0 Å². The lowest BCUT2D eigenvalue weighted by Crippen LogP contribution is -2.31. The molecule has 0 aliphatic rings. The van der Waals surface area contributed by atoms with Gasteiger partial charge in [0.05, 0.1) is 10.7 Å². The van der Waals surface area contributed by atoms with Crippen molar-refractivity contribution in [3.05, 3.63) is 22.2 Å². The molecule has 0 fully saturated rings. The van der Waals surface area contributed by atoms with Crippen molar-refractivity contribution in [1.82, 2.24) is 10.0 Å². The van der Waals surface area contributed by atoms with Gasteiger partial charge in [-0.15, -0.1) is 0 Å². The fraction of sp³-hybridized carbons (Fsp3) is 0.417. The molecule has 6 nitrogen and oxygen atoms in total. The molecule has 0 radical (unpaired) electrons. The molecule has 1 amide bonds. The van der Waals surface area contributed by atoms with Crippen molar-refractivity contribution in [2.45, 2.75) is 24.7 Å². The molecule has 0 aliphatic heterocycles. The molecule has 0 spiro atoms. The first-order valence-corrected chi connectivity index (χ1v) is 8.52. The zero-order chi connectivity index (χ0) is 16.0. The number of hydrogen-bond donors (Lipinski definition) is 3. The molecule has 0 aromatic heterocycles. The number of carbonyl (C=O) groups is 1. The molecule has 4 N–H and O–H groups in total. The van der Waals surface area contributed by atoms with Gasteiger partial charge in [-0.25, -0.2) is 13.1 Å². The van der Waals surface area contributed by atoms with Crippen LogP contribution in [0.3, 0.4) is 0 Å². The molecule has 0 saturated carbocycles. The predicted molar refractivity (Wildman–Crippen MR) is 84.0 cm³/mol. The van der Waals surface area contributed by atoms with Crippen molar-refractivity contribution in [2.75, 3.05) is 18.8 Å². The third-order valence-electron chi connectivity index (χ3n) is 2.52. The SMILES string of the molecule is CCCNC(=O)CCNS(=O)(=O)c1c(N)cc(Cl)cc1Cl. The number of nitrogens with two attached hydrogens (primary N) is 1. The maximum atomic E-state index is 12.1. The number of rotatable bonds is 7. The van der Waals surface area contributed by atoms with E-state index in [4.69, 9.17) is 28.9 Å². The molecular weight excluding hydrogens is 337 g/mol. The monoisotopic (exact) mass is 353 g/mol. The summed E-state index contributed by atoms with van der Waals surface area (Å²) in [5.41, 5.74) is 5.59. The minimum absolute atomic E-state index is 0.0321. The maximum absolute atomic E-state index is 12.1. The molecule has 0 aliphatic carbocycles. The molecule has 118 valence electrons. The highest BCUT2D eigenvalue weighted by Gasteiger charge is 2.21. The van der Waals surface area contributed by atoms with Gasteiger partial charge in [-0.3, -0.25) is 4.79 Å². The highest BCUT2D eigenvalue weighted by molar-refractivity contribution is 7.89. The van der Waals surface area contributed by atoms with Crippen molar-refractivity contribution in [2.24, 2.45) is 0 Å². The second-order valence-corrected chi connectivity index (χ2v) is 6.85. The van der Waals surface area contributed by atoms with Crippen molar-refractivity contribution in [3.63, 3.8) is 0 Å². The van der Waals surface area contributed by atoms with Gasteiger partial charge >= 0.3 is 0 Å². The fourth-order valence-corrected chi connectivity index (χ4v) is 3.60. The summed E-state index contributed by atoms with van der Waals surface area (Å²) in [5, 5.41) is 2.83. The van der Waals surface area contributed by atoms with Crippen LogP contribution in [0.15, 0.2) is 17.0 Å². The number of anilines is 1. The lowest BCUT2D eigenvalue weighted by atomic mass is 10.3. The highest BCUT2D eigenvalue weighted by atomic mass is 35.5. The Kier molecular flexibility index (Phi) is 6.73. The van der Waals surface area contributed by atoms with E-state index in [0.717, 1.165) is 6.42 Å². The Bertz CT molecular complexity index is 597. The van der Waals surface area contributed by atoms with Crippen LogP contribution in [-0.2, 0) is 14.8 Å². The first-order chi connectivity index (χ1) is 9.77. The average Bonchev–Trinajstić information content (AvgIpc) is 2.34. The normalized spacial score (nSPS) is 11.4. The zero-order valence-electron chi connectivity index (χ0n) is 11.4. The van der Waals surface area contributed by atoms with E-state index in [1.807, 2.05) is 6.92 Å². The molecule has 0 saturated heterocycles. The second-order valence-electron chi connectivity index (χ2n) is 4.30. The Labute approximate surface area is 134 Å². The molecule has 0 bridgehead atoms. The van der Waals surface area contributed by atoms with Crippen LogP contribution in [0.1, 0.15) is 19.8 Å². The first-order valence-electron chi connectivity index (χ1n) is 6.28. The standard InChI is InChI=1S/C12H17Cl2N3O3S/c1-2-4-16-11(18)3-5-17-21(19,20)12-9(14)6-8(13)7-10(12)15/h6-7,17H,2-5,15H2,1H3,(H,16,18). The number of hydrogen-bond acceptors (Lipinski definition) is 4. The fourth-order valence-electron chi connectivity index (χ4n) is 1.59. The van der Waals surface area contributed by atoms with Gasteiger partial charge in [-0.2, -0.15) is 0 Å². The molecule has 1 aromatic carbocycles. The van der Waals surface area contributed by atoms with E-state index in [-0.39, 0.29) is 39.5 Å². The summed E-state index contributed by atoms with van der Waals surface area (Å²) in [6.45, 7) is 2.44. The smallest absolute Gasteiger partial charge is 0.244 e. The van der Waals surface area contributed by atoms with Crippen LogP contribution in [0.25, 0.3) is 0 Å². The number of benzene rings is 1. The van der Waals surface area contributed by atoms with Crippen LogP contribution in [-0.4, -0.2) is 27.4 Å². The summed E-state index contributed by atoms with van der Waals surface area (Å²) in [7, 11) is -3.90. The molecule has 21 heavy (non-hydrogen) atoms. The van der Waals surface area contributed by atoms with Gasteiger partial charge in [-0.05, 0) is 18.6 Å². The molecule has 1 rings (SSSR count). The quantitative estimate of drug-likeness (QED) is 0.650. The topological polar surface area (TPSA) is 101 Å². The van der Waals surface area contributed by atoms with Gasteiger partial charge in [0.1, 0.15) is 4.90 Å². The predicted octanol–water partition coefficient (Wildman–Crippen LogP) is 1.77. The van der Waals surface area contributed by atoms with E-state index in [0.29, 0.717) is 6.54 Å². The van der Waals surface area contributed by atoms with Gasteiger partial charge in [0.15, 0.2) is 0 Å². The van der Waals surface area contributed by atoms with Crippen molar-refractivity contribution in [1.29, 1.82) is 0 Å². The van der Waals surface area contributed by atoms with Gasteiger partial charge in [-0.1, -0.05) is 30.1 Å². The Morgan fingerprint density at radius 2 is 1.95 bits per heavy atom. The maximum Gasteiger partial charge on any atom is 0.244 e. The molecule has 9 heteroatoms. The highest BCUT2D eigenvalue weighted by Crippen LogP contribution is 2.30. The first kappa shape index (κ1) is 18.0. The van der Waals surface area contributed by atoms with E-state index < -0.39 is 10.0 Å². The third-order valence-corrected chi connectivity index (χ3v) is 4.73. The Morgan fingerprint density at radius 1 is 1.29 bits per heavy atom. The summed E-state index contributed by atoms with van der Waals surface area (Å²) in [4.78, 5) is 11.2. The number of amides is 1. The van der Waals surface area contributed by atoms with Crippen LogP contribution in [0.4, 0.5) is 5.69 Å². The number of nitrogen functional groups attached to an aromatic ring is 1. The van der Waals surface area contributed by atoms with Gasteiger partial charge < -0.3 is 11.1 Å². The summed E-state index contributed by atoms with van der Waals surface area (Å²) in [6, 6.07) is 2.60. The number of carbonyl (C=O) groups excluding carboxylic acids is 1. The van der Waals surface area contributed by atoms with E-state index in [1.54, 1.807) is 0 Å². The van der Waals surface area contributed by atoms with Crippen molar-refractivity contribution >= 4 is 44.8 Å². The Morgan fingerprint density at radius 3 is 2.52 bits per heavy atom. The van der Waals surface area contributed by atoms with Crippen LogP contribution < -0.4 is 15.8 Å². The molecule has 0 atom stereocenters. The summed E-state index contributed by atoms with van der Waals surface area (Å²) >= 11 is 11.6. The van der Waals surface area contributed by atoms with Gasteiger partial charge in [0.2, 0.25) is 15.9 Å². The molecule has 0 unspecified atom stereocenters. The number of sulfonamides is 1. The van der Waals surface area contributed by atoms with E-state index in [2.05, 4.69) is 10.0 Å². The minimum Gasteiger partial charge on any atom is -0.398 e. The van der Waals surface area contributed by atoms with Crippen molar-refractivity contribution < 1.29 is 13.2 Å². The number of nitrogens with one attached hydrogen (secondary N) is 2. The molecule has 1 aromatic rings. The summed E-state index contributed by atoms with van der Waals surface area (Å²) in [6.07, 6.45) is 0.846. The minimum atomic E-state index is -3.90. The molecule has 0 heterocycles. The number of halogens is 2. The lowest BCUT2D eigenvalue weighted by Gasteiger charge is -2.11. The Hall–Kier alpha value is -1.02. The van der Waals surface area contributed by atoms with Crippen molar-refractivity contribution in [3.8, 4) is 0 Å². The summed E-state index contributed by atoms with van der Waals surface area (Å²) in [5.74, 6) is -0.227.